The summed E-state index contributed by atoms with van der Waals surface area (Å²) in [7, 11) is 0. The van der Waals surface area contributed by atoms with Gasteiger partial charge in [0, 0.05) is 17.8 Å². The molecule has 1 aliphatic heterocycles. The van der Waals surface area contributed by atoms with Crippen LogP contribution >= 0.6 is 0 Å². The van der Waals surface area contributed by atoms with Crippen molar-refractivity contribution in [3.05, 3.63) is 30.1 Å². The zero-order chi connectivity index (χ0) is 13.2. The first-order chi connectivity index (χ1) is 9.28. The lowest BCUT2D eigenvalue weighted by Gasteiger charge is -2.12. The van der Waals surface area contributed by atoms with Gasteiger partial charge in [0.15, 0.2) is 0 Å². The molecule has 2 aromatic heterocycles. The molecule has 102 valence electrons. The quantitative estimate of drug-likeness (QED) is 0.915. The summed E-state index contributed by atoms with van der Waals surface area (Å²) >= 11 is 0. The highest BCUT2D eigenvalue weighted by Gasteiger charge is 2.23. The second kappa shape index (κ2) is 5.31. The maximum absolute atomic E-state index is 5.91. The fraction of sp³-hybridized carbons (Fsp3) is 0.533. The summed E-state index contributed by atoms with van der Waals surface area (Å²) in [5.74, 6) is 0. The Bertz CT molecular complexity index is 564. The second-order valence-electron chi connectivity index (χ2n) is 5.37. The van der Waals surface area contributed by atoms with Crippen molar-refractivity contribution in [1.29, 1.82) is 0 Å². The molecule has 0 saturated carbocycles. The molecule has 0 spiro atoms. The van der Waals surface area contributed by atoms with Gasteiger partial charge in [0.05, 0.1) is 18.8 Å². The lowest BCUT2D eigenvalue weighted by molar-refractivity contribution is 0.0464. The van der Waals surface area contributed by atoms with Gasteiger partial charge in [0.25, 0.3) is 0 Å². The van der Waals surface area contributed by atoms with E-state index in [1.807, 2.05) is 12.3 Å². The molecule has 2 atom stereocenters. The van der Waals surface area contributed by atoms with E-state index in [0.717, 1.165) is 31.5 Å². The lowest BCUT2D eigenvalue weighted by atomic mass is 10.2. The van der Waals surface area contributed by atoms with E-state index in [0.29, 0.717) is 18.8 Å². The van der Waals surface area contributed by atoms with Gasteiger partial charge in [-0.05, 0) is 50.4 Å². The van der Waals surface area contributed by atoms with Crippen LogP contribution in [0.25, 0.3) is 11.0 Å². The number of nitrogens with two attached hydrogens (primary N) is 1. The molecule has 2 unspecified atom stereocenters. The molecule has 19 heavy (non-hydrogen) atoms. The summed E-state index contributed by atoms with van der Waals surface area (Å²) in [6.45, 7) is 3.71. The standard InChI is InChI=1S/C15H21N3O/c1-11-4-5-13(19-11)10-18-9-12(6-7-16)14-3-2-8-17-15(14)18/h2-3,8-9,11,13H,4-7,10,16H2,1H3. The van der Waals surface area contributed by atoms with E-state index in [9.17, 15) is 0 Å². The van der Waals surface area contributed by atoms with E-state index in [1.54, 1.807) is 0 Å². The van der Waals surface area contributed by atoms with Crippen molar-refractivity contribution < 1.29 is 4.74 Å². The minimum absolute atomic E-state index is 0.318. The molecule has 0 amide bonds. The molecule has 4 nitrogen and oxygen atoms in total. The summed E-state index contributed by atoms with van der Waals surface area (Å²) in [5.41, 5.74) is 8.03. The summed E-state index contributed by atoms with van der Waals surface area (Å²) in [4.78, 5) is 4.51. The number of ether oxygens (including phenoxy) is 1. The fourth-order valence-electron chi connectivity index (χ4n) is 2.93. The molecule has 4 heteroatoms. The summed E-state index contributed by atoms with van der Waals surface area (Å²) < 4.78 is 8.14. The average Bonchev–Trinajstić information content (AvgIpc) is 2.97. The molecule has 0 aromatic carbocycles. The van der Waals surface area contributed by atoms with Crippen LogP contribution in [-0.2, 0) is 17.7 Å². The topological polar surface area (TPSA) is 53.1 Å². The van der Waals surface area contributed by atoms with Crippen LogP contribution in [0.3, 0.4) is 0 Å². The third-order valence-corrected chi connectivity index (χ3v) is 3.85. The van der Waals surface area contributed by atoms with Crippen LogP contribution in [0.4, 0.5) is 0 Å². The van der Waals surface area contributed by atoms with Gasteiger partial charge in [-0.15, -0.1) is 0 Å². The average molecular weight is 259 g/mol. The zero-order valence-electron chi connectivity index (χ0n) is 11.4. The van der Waals surface area contributed by atoms with Crippen molar-refractivity contribution in [2.24, 2.45) is 5.73 Å². The minimum Gasteiger partial charge on any atom is -0.373 e. The highest BCUT2D eigenvalue weighted by molar-refractivity contribution is 5.80. The third-order valence-electron chi connectivity index (χ3n) is 3.85. The van der Waals surface area contributed by atoms with Crippen LogP contribution in [0.2, 0.25) is 0 Å². The second-order valence-corrected chi connectivity index (χ2v) is 5.37. The molecule has 0 bridgehead atoms. The summed E-state index contributed by atoms with van der Waals surface area (Å²) in [5, 5.41) is 1.22. The monoisotopic (exact) mass is 259 g/mol. The number of fused-ring (bicyclic) bond motifs is 1. The summed E-state index contributed by atoms with van der Waals surface area (Å²) in [6.07, 6.45) is 7.95. The molecular formula is C15H21N3O. The van der Waals surface area contributed by atoms with Gasteiger partial charge >= 0.3 is 0 Å². The van der Waals surface area contributed by atoms with E-state index in [2.05, 4.69) is 28.7 Å². The Labute approximate surface area is 113 Å². The molecule has 2 aromatic rings. The first-order valence-electron chi connectivity index (χ1n) is 7.06. The maximum Gasteiger partial charge on any atom is 0.140 e. The normalized spacial score (nSPS) is 23.3. The van der Waals surface area contributed by atoms with Gasteiger partial charge in [-0.1, -0.05) is 0 Å². The molecular weight excluding hydrogens is 238 g/mol. The number of hydrogen-bond donors (Lipinski definition) is 1. The number of rotatable bonds is 4. The van der Waals surface area contributed by atoms with Crippen molar-refractivity contribution in [2.45, 2.75) is 44.9 Å². The van der Waals surface area contributed by atoms with Crippen LogP contribution in [0, 0.1) is 0 Å². The van der Waals surface area contributed by atoms with Crippen LogP contribution in [0.15, 0.2) is 24.5 Å². The van der Waals surface area contributed by atoms with E-state index in [1.165, 1.54) is 10.9 Å². The lowest BCUT2D eigenvalue weighted by Crippen LogP contribution is -2.16. The van der Waals surface area contributed by atoms with Crippen molar-refractivity contribution in [2.75, 3.05) is 6.54 Å². The molecule has 0 aliphatic carbocycles. The number of nitrogens with zero attached hydrogens (tertiary/aromatic N) is 2. The predicted molar refractivity (Wildman–Crippen MR) is 76.1 cm³/mol. The van der Waals surface area contributed by atoms with Gasteiger partial charge in [-0.2, -0.15) is 0 Å². The predicted octanol–water partition coefficient (Wildman–Crippen LogP) is 2.10. The zero-order valence-corrected chi connectivity index (χ0v) is 11.4. The Kier molecular flexibility index (Phi) is 3.53. The summed E-state index contributed by atoms with van der Waals surface area (Å²) in [6, 6.07) is 4.11. The van der Waals surface area contributed by atoms with Gasteiger partial charge in [0.1, 0.15) is 5.65 Å². The van der Waals surface area contributed by atoms with E-state index in [-0.39, 0.29) is 0 Å². The van der Waals surface area contributed by atoms with E-state index >= 15 is 0 Å². The van der Waals surface area contributed by atoms with Gasteiger partial charge in [-0.25, -0.2) is 4.98 Å². The van der Waals surface area contributed by atoms with Crippen LogP contribution < -0.4 is 5.73 Å². The Hall–Kier alpha value is -1.39. The first kappa shape index (κ1) is 12.6. The molecule has 3 rings (SSSR count). The smallest absolute Gasteiger partial charge is 0.140 e. The van der Waals surface area contributed by atoms with Crippen LogP contribution in [-0.4, -0.2) is 28.3 Å². The van der Waals surface area contributed by atoms with Gasteiger partial charge < -0.3 is 15.0 Å². The van der Waals surface area contributed by atoms with Gasteiger partial charge in [0.2, 0.25) is 0 Å². The highest BCUT2D eigenvalue weighted by Crippen LogP contribution is 2.24. The molecule has 1 aliphatic rings. The molecule has 1 saturated heterocycles. The van der Waals surface area contributed by atoms with Crippen molar-refractivity contribution in [3.8, 4) is 0 Å². The third kappa shape index (κ3) is 2.51. The number of hydrogen-bond acceptors (Lipinski definition) is 3. The molecule has 1 fully saturated rings. The maximum atomic E-state index is 5.91. The van der Waals surface area contributed by atoms with Crippen molar-refractivity contribution in [3.63, 3.8) is 0 Å². The Balaban J connectivity index is 1.90. The van der Waals surface area contributed by atoms with Crippen LogP contribution in [0.1, 0.15) is 25.3 Å². The molecule has 2 N–H and O–H groups in total. The minimum atomic E-state index is 0.318. The Morgan fingerprint density at radius 3 is 3.11 bits per heavy atom. The fourth-order valence-corrected chi connectivity index (χ4v) is 2.93. The van der Waals surface area contributed by atoms with Crippen molar-refractivity contribution >= 4 is 11.0 Å². The Morgan fingerprint density at radius 2 is 2.37 bits per heavy atom. The van der Waals surface area contributed by atoms with Crippen molar-refractivity contribution in [1.82, 2.24) is 9.55 Å². The Morgan fingerprint density at radius 1 is 1.47 bits per heavy atom. The largest absolute Gasteiger partial charge is 0.373 e. The van der Waals surface area contributed by atoms with Crippen LogP contribution in [0.5, 0.6) is 0 Å². The molecule has 0 radical (unpaired) electrons. The number of pyridine rings is 1. The number of aromatic nitrogens is 2. The highest BCUT2D eigenvalue weighted by atomic mass is 16.5. The SMILES string of the molecule is CC1CCC(Cn2cc(CCN)c3cccnc32)O1. The molecule has 3 heterocycles. The first-order valence-corrected chi connectivity index (χ1v) is 7.06. The van der Waals surface area contributed by atoms with E-state index in [4.69, 9.17) is 10.5 Å². The van der Waals surface area contributed by atoms with Gasteiger partial charge in [-0.3, -0.25) is 0 Å². The van der Waals surface area contributed by atoms with E-state index < -0.39 is 0 Å².